The summed E-state index contributed by atoms with van der Waals surface area (Å²) in [5, 5.41) is 13.6. The van der Waals surface area contributed by atoms with Gasteiger partial charge in [-0.15, -0.1) is 5.10 Å². The highest BCUT2D eigenvalue weighted by molar-refractivity contribution is 5.91. The molecule has 0 radical (unpaired) electrons. The van der Waals surface area contributed by atoms with E-state index in [2.05, 4.69) is 20.8 Å². The van der Waals surface area contributed by atoms with E-state index in [-0.39, 0.29) is 12.5 Å². The summed E-state index contributed by atoms with van der Waals surface area (Å²) in [4.78, 5) is 11.5. The number of hydrogen-bond donors (Lipinski definition) is 1. The van der Waals surface area contributed by atoms with Gasteiger partial charge < -0.3 is 10.1 Å². The quantitative estimate of drug-likeness (QED) is 0.838. The van der Waals surface area contributed by atoms with E-state index in [4.69, 9.17) is 4.74 Å². The van der Waals surface area contributed by atoms with E-state index in [1.165, 1.54) is 11.0 Å². The SMILES string of the molecule is CCOCC(=O)Nc1cccc(-n2cnnn2)c1. The number of carbonyl (C=O) groups is 1. The molecule has 0 aliphatic heterocycles. The number of ether oxygens (including phenoxy) is 1. The maximum atomic E-state index is 11.5. The lowest BCUT2D eigenvalue weighted by Gasteiger charge is -2.06. The van der Waals surface area contributed by atoms with Crippen LogP contribution < -0.4 is 5.32 Å². The van der Waals surface area contributed by atoms with Crippen molar-refractivity contribution in [2.45, 2.75) is 6.92 Å². The summed E-state index contributed by atoms with van der Waals surface area (Å²) in [6.07, 6.45) is 1.49. The molecule has 1 aromatic carbocycles. The van der Waals surface area contributed by atoms with Crippen molar-refractivity contribution in [3.63, 3.8) is 0 Å². The van der Waals surface area contributed by atoms with Crippen LogP contribution in [-0.2, 0) is 9.53 Å². The molecule has 2 aromatic rings. The van der Waals surface area contributed by atoms with Gasteiger partial charge in [-0.2, -0.15) is 0 Å². The van der Waals surface area contributed by atoms with Crippen LogP contribution in [0.4, 0.5) is 5.69 Å². The zero-order chi connectivity index (χ0) is 12.8. The Morgan fingerprint density at radius 1 is 1.50 bits per heavy atom. The Morgan fingerprint density at radius 2 is 2.39 bits per heavy atom. The highest BCUT2D eigenvalue weighted by Crippen LogP contribution is 2.13. The van der Waals surface area contributed by atoms with Crippen molar-refractivity contribution in [3.8, 4) is 5.69 Å². The van der Waals surface area contributed by atoms with E-state index < -0.39 is 0 Å². The fourth-order valence-electron chi connectivity index (χ4n) is 1.40. The highest BCUT2D eigenvalue weighted by Gasteiger charge is 2.04. The second-order valence-electron chi connectivity index (χ2n) is 3.49. The van der Waals surface area contributed by atoms with Crippen molar-refractivity contribution in [3.05, 3.63) is 30.6 Å². The molecular formula is C11H13N5O2. The monoisotopic (exact) mass is 247 g/mol. The number of hydrogen-bond acceptors (Lipinski definition) is 5. The van der Waals surface area contributed by atoms with Crippen LogP contribution in [0.25, 0.3) is 5.69 Å². The molecule has 0 fully saturated rings. The summed E-state index contributed by atoms with van der Waals surface area (Å²) in [5.41, 5.74) is 1.45. The third kappa shape index (κ3) is 3.11. The van der Waals surface area contributed by atoms with Crippen LogP contribution in [-0.4, -0.2) is 39.3 Å². The average Bonchev–Trinajstić information content (AvgIpc) is 2.90. The number of benzene rings is 1. The maximum Gasteiger partial charge on any atom is 0.250 e. The molecule has 0 unspecified atom stereocenters. The number of carbonyl (C=O) groups excluding carboxylic acids is 1. The van der Waals surface area contributed by atoms with Crippen LogP contribution in [0.5, 0.6) is 0 Å². The molecule has 1 aromatic heterocycles. The second kappa shape index (κ2) is 5.87. The average molecular weight is 247 g/mol. The van der Waals surface area contributed by atoms with Crippen molar-refractivity contribution >= 4 is 11.6 Å². The summed E-state index contributed by atoms with van der Waals surface area (Å²) < 4.78 is 6.53. The first-order valence-corrected chi connectivity index (χ1v) is 5.50. The molecule has 1 amide bonds. The zero-order valence-corrected chi connectivity index (χ0v) is 9.91. The lowest BCUT2D eigenvalue weighted by molar-refractivity contribution is -0.120. The van der Waals surface area contributed by atoms with Crippen LogP contribution in [0, 0.1) is 0 Å². The molecular weight excluding hydrogens is 234 g/mol. The van der Waals surface area contributed by atoms with Crippen LogP contribution >= 0.6 is 0 Å². The van der Waals surface area contributed by atoms with Gasteiger partial charge in [-0.05, 0) is 35.5 Å². The number of amides is 1. The second-order valence-corrected chi connectivity index (χ2v) is 3.49. The first-order chi connectivity index (χ1) is 8.79. The van der Waals surface area contributed by atoms with Gasteiger partial charge in [0.25, 0.3) is 0 Å². The molecule has 0 bridgehead atoms. The smallest absolute Gasteiger partial charge is 0.250 e. The molecule has 0 atom stereocenters. The van der Waals surface area contributed by atoms with E-state index in [0.29, 0.717) is 12.3 Å². The summed E-state index contributed by atoms with van der Waals surface area (Å²) in [5.74, 6) is -0.189. The normalized spacial score (nSPS) is 10.3. The molecule has 1 heterocycles. The zero-order valence-electron chi connectivity index (χ0n) is 9.91. The third-order valence-corrected chi connectivity index (χ3v) is 2.18. The molecule has 0 aliphatic carbocycles. The molecule has 0 saturated carbocycles. The van der Waals surface area contributed by atoms with Crippen molar-refractivity contribution in [1.29, 1.82) is 0 Å². The van der Waals surface area contributed by atoms with Crippen LogP contribution in [0.3, 0.4) is 0 Å². The largest absolute Gasteiger partial charge is 0.372 e. The van der Waals surface area contributed by atoms with Gasteiger partial charge in [-0.3, -0.25) is 4.79 Å². The van der Waals surface area contributed by atoms with Crippen LogP contribution in [0.2, 0.25) is 0 Å². The summed E-state index contributed by atoms with van der Waals surface area (Å²) >= 11 is 0. The fraction of sp³-hybridized carbons (Fsp3) is 0.273. The van der Waals surface area contributed by atoms with Crippen molar-refractivity contribution in [2.24, 2.45) is 0 Å². The Kier molecular flexibility index (Phi) is 3.98. The summed E-state index contributed by atoms with van der Waals surface area (Å²) in [7, 11) is 0. The van der Waals surface area contributed by atoms with Crippen molar-refractivity contribution in [1.82, 2.24) is 20.2 Å². The number of aromatic nitrogens is 4. The summed E-state index contributed by atoms with van der Waals surface area (Å²) in [6, 6.07) is 7.22. The number of nitrogens with one attached hydrogen (secondary N) is 1. The fourth-order valence-corrected chi connectivity index (χ4v) is 1.40. The Bertz CT molecular complexity index is 512. The lowest BCUT2D eigenvalue weighted by Crippen LogP contribution is -2.18. The molecule has 94 valence electrons. The van der Waals surface area contributed by atoms with Gasteiger partial charge in [0.05, 0.1) is 5.69 Å². The van der Waals surface area contributed by atoms with Gasteiger partial charge in [0.15, 0.2) is 0 Å². The Hall–Kier alpha value is -2.28. The standard InChI is InChI=1S/C11H13N5O2/c1-2-18-7-11(17)13-9-4-3-5-10(6-9)16-8-12-14-15-16/h3-6,8H,2,7H2,1H3,(H,13,17). The Morgan fingerprint density at radius 3 is 3.11 bits per heavy atom. The molecule has 7 heteroatoms. The van der Waals surface area contributed by atoms with Gasteiger partial charge >= 0.3 is 0 Å². The number of rotatable bonds is 5. The van der Waals surface area contributed by atoms with E-state index >= 15 is 0 Å². The van der Waals surface area contributed by atoms with Gasteiger partial charge in [-0.25, -0.2) is 4.68 Å². The minimum Gasteiger partial charge on any atom is -0.372 e. The molecule has 0 aliphatic rings. The first kappa shape index (κ1) is 12.2. The van der Waals surface area contributed by atoms with E-state index in [0.717, 1.165) is 5.69 Å². The molecule has 1 N–H and O–H groups in total. The molecule has 7 nitrogen and oxygen atoms in total. The van der Waals surface area contributed by atoms with Gasteiger partial charge in [-0.1, -0.05) is 6.07 Å². The third-order valence-electron chi connectivity index (χ3n) is 2.18. The predicted octanol–water partition coefficient (Wildman–Crippen LogP) is 0.637. The summed E-state index contributed by atoms with van der Waals surface area (Å²) in [6.45, 7) is 2.40. The van der Waals surface area contributed by atoms with Gasteiger partial charge in [0, 0.05) is 12.3 Å². The maximum absolute atomic E-state index is 11.5. The van der Waals surface area contributed by atoms with Gasteiger partial charge in [0.2, 0.25) is 5.91 Å². The number of anilines is 1. The van der Waals surface area contributed by atoms with Gasteiger partial charge in [0.1, 0.15) is 12.9 Å². The minimum absolute atomic E-state index is 0.0472. The Balaban J connectivity index is 2.06. The Labute approximate surface area is 104 Å². The molecule has 0 saturated heterocycles. The first-order valence-electron chi connectivity index (χ1n) is 5.50. The van der Waals surface area contributed by atoms with E-state index in [1.54, 1.807) is 12.1 Å². The lowest BCUT2D eigenvalue weighted by atomic mass is 10.3. The highest BCUT2D eigenvalue weighted by atomic mass is 16.5. The molecule has 0 spiro atoms. The molecule has 2 rings (SSSR count). The van der Waals surface area contributed by atoms with Crippen molar-refractivity contribution in [2.75, 3.05) is 18.5 Å². The van der Waals surface area contributed by atoms with Crippen LogP contribution in [0.15, 0.2) is 30.6 Å². The molecule has 18 heavy (non-hydrogen) atoms. The van der Waals surface area contributed by atoms with E-state index in [9.17, 15) is 4.79 Å². The predicted molar refractivity (Wildman–Crippen MR) is 64.3 cm³/mol. The number of tetrazole rings is 1. The van der Waals surface area contributed by atoms with Crippen LogP contribution in [0.1, 0.15) is 6.92 Å². The topological polar surface area (TPSA) is 81.9 Å². The minimum atomic E-state index is -0.189. The van der Waals surface area contributed by atoms with Crippen molar-refractivity contribution < 1.29 is 9.53 Å². The van der Waals surface area contributed by atoms with E-state index in [1.807, 2.05) is 19.1 Å². The number of nitrogens with zero attached hydrogens (tertiary/aromatic N) is 4.